The summed E-state index contributed by atoms with van der Waals surface area (Å²) in [4.78, 5) is 0. The van der Waals surface area contributed by atoms with Crippen molar-refractivity contribution in [3.8, 4) is 0 Å². The maximum atomic E-state index is 12.8. The minimum absolute atomic E-state index is 0.159. The molecule has 0 aromatic rings. The van der Waals surface area contributed by atoms with Crippen molar-refractivity contribution in [3.05, 3.63) is 0 Å². The normalized spacial score (nSPS) is 17.9. The molecule has 104 valence electrons. The van der Waals surface area contributed by atoms with Crippen molar-refractivity contribution in [1.82, 2.24) is 4.72 Å². The first-order chi connectivity index (χ1) is 7.29. The second kappa shape index (κ2) is 5.14. The van der Waals surface area contributed by atoms with E-state index in [9.17, 15) is 21.6 Å². The molecule has 2 atom stereocenters. The van der Waals surface area contributed by atoms with Gasteiger partial charge < -0.3 is 0 Å². The second-order valence-electron chi connectivity index (χ2n) is 5.29. The highest BCUT2D eigenvalue weighted by atomic mass is 32.2. The van der Waals surface area contributed by atoms with Crippen LogP contribution in [0, 0.1) is 11.3 Å². The Morgan fingerprint density at radius 3 is 1.76 bits per heavy atom. The predicted octanol–water partition coefficient (Wildman–Crippen LogP) is 2.54. The molecule has 0 aliphatic heterocycles. The molecule has 0 rings (SSSR count). The third kappa shape index (κ3) is 5.72. The van der Waals surface area contributed by atoms with Gasteiger partial charge in [-0.1, -0.05) is 27.7 Å². The Morgan fingerprint density at radius 2 is 1.59 bits per heavy atom. The third-order valence-electron chi connectivity index (χ3n) is 2.54. The zero-order valence-corrected chi connectivity index (χ0v) is 11.5. The molecule has 1 N–H and O–H groups in total. The Hall–Kier alpha value is -0.300. The summed E-state index contributed by atoms with van der Waals surface area (Å²) in [6.07, 6.45) is -3.70. The highest BCUT2D eigenvalue weighted by Crippen LogP contribution is 2.38. The molecule has 7 heteroatoms. The minimum Gasteiger partial charge on any atom is -0.213 e. The highest BCUT2D eigenvalue weighted by Gasteiger charge is 2.48. The first-order valence-electron chi connectivity index (χ1n) is 5.33. The molecular formula is C10H20F3NO2S. The van der Waals surface area contributed by atoms with Crippen LogP contribution in [0.5, 0.6) is 0 Å². The SMILES string of the molecule is CCC(C(NS(C)(=O)=O)C(C)(C)C)C(F)(F)F. The highest BCUT2D eigenvalue weighted by molar-refractivity contribution is 7.88. The van der Waals surface area contributed by atoms with E-state index in [0.717, 1.165) is 6.26 Å². The summed E-state index contributed by atoms with van der Waals surface area (Å²) in [6, 6.07) is -1.16. The van der Waals surface area contributed by atoms with Gasteiger partial charge >= 0.3 is 6.18 Å². The van der Waals surface area contributed by atoms with Crippen LogP contribution in [0.25, 0.3) is 0 Å². The molecule has 0 bridgehead atoms. The Balaban J connectivity index is 5.32. The lowest BCUT2D eigenvalue weighted by atomic mass is 9.78. The van der Waals surface area contributed by atoms with E-state index in [1.54, 1.807) is 20.8 Å². The van der Waals surface area contributed by atoms with Crippen LogP contribution < -0.4 is 4.72 Å². The number of alkyl halides is 3. The lowest BCUT2D eigenvalue weighted by Crippen LogP contribution is -2.52. The van der Waals surface area contributed by atoms with Gasteiger partial charge in [-0.2, -0.15) is 13.2 Å². The number of rotatable bonds is 4. The lowest BCUT2D eigenvalue weighted by molar-refractivity contribution is -0.188. The second-order valence-corrected chi connectivity index (χ2v) is 7.07. The predicted molar refractivity (Wildman–Crippen MR) is 61.1 cm³/mol. The van der Waals surface area contributed by atoms with Crippen LogP contribution in [-0.2, 0) is 10.0 Å². The van der Waals surface area contributed by atoms with E-state index in [4.69, 9.17) is 0 Å². The van der Waals surface area contributed by atoms with Gasteiger partial charge in [0.25, 0.3) is 0 Å². The smallest absolute Gasteiger partial charge is 0.213 e. The summed E-state index contributed by atoms with van der Waals surface area (Å²) in [5.74, 6) is -1.68. The molecule has 17 heavy (non-hydrogen) atoms. The van der Waals surface area contributed by atoms with Crippen LogP contribution in [0.2, 0.25) is 0 Å². The summed E-state index contributed by atoms with van der Waals surface area (Å²) in [6.45, 7) is 6.17. The third-order valence-corrected chi connectivity index (χ3v) is 3.22. The van der Waals surface area contributed by atoms with Crippen LogP contribution in [0.3, 0.4) is 0 Å². The first-order valence-corrected chi connectivity index (χ1v) is 7.22. The van der Waals surface area contributed by atoms with E-state index in [2.05, 4.69) is 4.72 Å². The van der Waals surface area contributed by atoms with Gasteiger partial charge in [-0.3, -0.25) is 0 Å². The van der Waals surface area contributed by atoms with Gasteiger partial charge in [0.05, 0.1) is 12.2 Å². The van der Waals surface area contributed by atoms with Gasteiger partial charge in [-0.05, 0) is 11.8 Å². The van der Waals surface area contributed by atoms with Crippen LogP contribution in [0.15, 0.2) is 0 Å². The fraction of sp³-hybridized carbons (Fsp3) is 1.00. The number of hydrogen-bond donors (Lipinski definition) is 1. The molecule has 0 aromatic carbocycles. The van der Waals surface area contributed by atoms with Crippen LogP contribution in [0.1, 0.15) is 34.1 Å². The fourth-order valence-corrected chi connectivity index (χ4v) is 2.73. The summed E-state index contributed by atoms with van der Waals surface area (Å²) in [5, 5.41) is 0. The monoisotopic (exact) mass is 275 g/mol. The van der Waals surface area contributed by atoms with Crippen molar-refractivity contribution < 1.29 is 21.6 Å². The van der Waals surface area contributed by atoms with Gasteiger partial charge in [-0.15, -0.1) is 0 Å². The van der Waals surface area contributed by atoms with Gasteiger partial charge in [0.1, 0.15) is 0 Å². The molecule has 0 aliphatic carbocycles. The summed E-state index contributed by atoms with van der Waals surface area (Å²) in [5.41, 5.74) is -0.806. The average molecular weight is 275 g/mol. The lowest BCUT2D eigenvalue weighted by Gasteiger charge is -2.37. The maximum absolute atomic E-state index is 12.8. The molecule has 0 radical (unpaired) electrons. The average Bonchev–Trinajstić information content (AvgIpc) is 1.96. The van der Waals surface area contributed by atoms with E-state index in [0.29, 0.717) is 0 Å². The van der Waals surface area contributed by atoms with Gasteiger partial charge in [0.15, 0.2) is 0 Å². The van der Waals surface area contributed by atoms with E-state index < -0.39 is 33.6 Å². The number of sulfonamides is 1. The summed E-state index contributed by atoms with van der Waals surface area (Å²) < 4.78 is 62.9. The van der Waals surface area contributed by atoms with Crippen molar-refractivity contribution in [2.24, 2.45) is 11.3 Å². The standard InChI is InChI=1S/C10H20F3NO2S/c1-6-7(10(11,12)13)8(9(2,3)4)14-17(5,15)16/h7-8,14H,6H2,1-5H3. The van der Waals surface area contributed by atoms with Crippen molar-refractivity contribution >= 4 is 10.0 Å². The van der Waals surface area contributed by atoms with Crippen LogP contribution in [0.4, 0.5) is 13.2 Å². The molecule has 0 saturated carbocycles. The van der Waals surface area contributed by atoms with Crippen LogP contribution >= 0.6 is 0 Å². The number of nitrogens with one attached hydrogen (secondary N) is 1. The maximum Gasteiger partial charge on any atom is 0.393 e. The molecule has 0 fully saturated rings. The quantitative estimate of drug-likeness (QED) is 0.857. The minimum atomic E-state index is -4.41. The molecule has 0 saturated heterocycles. The van der Waals surface area contributed by atoms with Crippen molar-refractivity contribution in [3.63, 3.8) is 0 Å². The zero-order valence-electron chi connectivity index (χ0n) is 10.7. The van der Waals surface area contributed by atoms with Gasteiger partial charge in [0.2, 0.25) is 10.0 Å². The Labute approximate surface area is 101 Å². The van der Waals surface area contributed by atoms with E-state index in [1.165, 1.54) is 6.92 Å². The first kappa shape index (κ1) is 16.7. The Bertz CT molecular complexity index is 344. The molecule has 0 spiro atoms. The molecular weight excluding hydrogens is 255 g/mol. The fourth-order valence-electron chi connectivity index (χ4n) is 1.75. The van der Waals surface area contributed by atoms with Crippen LogP contribution in [-0.4, -0.2) is 26.9 Å². The van der Waals surface area contributed by atoms with Crippen molar-refractivity contribution in [1.29, 1.82) is 0 Å². The van der Waals surface area contributed by atoms with Gasteiger partial charge in [-0.25, -0.2) is 13.1 Å². The number of hydrogen-bond acceptors (Lipinski definition) is 2. The molecule has 0 aliphatic rings. The topological polar surface area (TPSA) is 46.2 Å². The Kier molecular flexibility index (Phi) is 5.05. The molecule has 0 heterocycles. The molecule has 3 nitrogen and oxygen atoms in total. The largest absolute Gasteiger partial charge is 0.393 e. The molecule has 2 unspecified atom stereocenters. The summed E-state index contributed by atoms with van der Waals surface area (Å²) in [7, 11) is -3.67. The van der Waals surface area contributed by atoms with Crippen molar-refractivity contribution in [2.45, 2.75) is 46.3 Å². The van der Waals surface area contributed by atoms with Gasteiger partial charge in [0, 0.05) is 6.04 Å². The van der Waals surface area contributed by atoms with E-state index in [-0.39, 0.29) is 6.42 Å². The number of halogens is 3. The van der Waals surface area contributed by atoms with E-state index >= 15 is 0 Å². The van der Waals surface area contributed by atoms with E-state index in [1.807, 2.05) is 0 Å². The van der Waals surface area contributed by atoms with Crippen molar-refractivity contribution in [2.75, 3.05) is 6.26 Å². The summed E-state index contributed by atoms with van der Waals surface area (Å²) >= 11 is 0. The Morgan fingerprint density at radius 1 is 1.18 bits per heavy atom. The molecule has 0 amide bonds. The zero-order chi connectivity index (χ0) is 14.1. The molecule has 0 aromatic heterocycles.